The summed E-state index contributed by atoms with van der Waals surface area (Å²) >= 11 is 6.18. The molecule has 0 radical (unpaired) electrons. The van der Waals surface area contributed by atoms with Crippen LogP contribution in [0.5, 0.6) is 0 Å². The van der Waals surface area contributed by atoms with Gasteiger partial charge in [0.25, 0.3) is 0 Å². The number of likely N-dealkylation sites (tertiary alicyclic amines) is 1. The summed E-state index contributed by atoms with van der Waals surface area (Å²) in [6.07, 6.45) is -0.848. The molecule has 0 saturated carbocycles. The van der Waals surface area contributed by atoms with Gasteiger partial charge in [-0.05, 0) is 37.1 Å². The van der Waals surface area contributed by atoms with E-state index in [0.29, 0.717) is 11.6 Å². The van der Waals surface area contributed by atoms with Gasteiger partial charge in [-0.25, -0.2) is 4.79 Å². The molecule has 27 heavy (non-hydrogen) atoms. The van der Waals surface area contributed by atoms with Crippen molar-refractivity contribution in [3.63, 3.8) is 0 Å². The predicted molar refractivity (Wildman–Crippen MR) is 101 cm³/mol. The molecule has 2 aliphatic rings. The average molecular weight is 388 g/mol. The number of fused-ring (bicyclic) bond motifs is 1. The molecule has 6 heteroatoms. The van der Waals surface area contributed by atoms with Gasteiger partial charge >= 0.3 is 6.09 Å². The maximum Gasteiger partial charge on any atom is 0.410 e. The molecular formula is C21H22ClNO4. The Kier molecular flexibility index (Phi) is 4.84. The van der Waals surface area contributed by atoms with Crippen molar-refractivity contribution in [2.45, 2.75) is 44.5 Å². The van der Waals surface area contributed by atoms with Crippen LogP contribution in [0.15, 0.2) is 54.6 Å². The van der Waals surface area contributed by atoms with Gasteiger partial charge in [-0.3, -0.25) is 4.90 Å². The normalized spacial score (nSPS) is 26.0. The van der Waals surface area contributed by atoms with Crippen LogP contribution in [0.25, 0.3) is 0 Å². The summed E-state index contributed by atoms with van der Waals surface area (Å²) in [7, 11) is 0. The van der Waals surface area contributed by atoms with Crippen LogP contribution < -0.4 is 0 Å². The molecule has 5 nitrogen and oxygen atoms in total. The third kappa shape index (κ3) is 3.81. The van der Waals surface area contributed by atoms with Gasteiger partial charge < -0.3 is 14.2 Å². The molecule has 142 valence electrons. The lowest BCUT2D eigenvalue weighted by atomic mass is 10.0. The molecule has 2 aromatic carbocycles. The number of rotatable bonds is 3. The van der Waals surface area contributed by atoms with Crippen molar-refractivity contribution < 1.29 is 19.0 Å². The predicted octanol–water partition coefficient (Wildman–Crippen LogP) is 4.55. The van der Waals surface area contributed by atoms with Gasteiger partial charge in [-0.1, -0.05) is 54.1 Å². The van der Waals surface area contributed by atoms with E-state index in [4.69, 9.17) is 25.8 Å². The zero-order chi connectivity index (χ0) is 19.0. The molecule has 4 rings (SSSR count). The van der Waals surface area contributed by atoms with E-state index in [1.165, 1.54) is 0 Å². The molecule has 0 bridgehead atoms. The summed E-state index contributed by atoms with van der Waals surface area (Å²) < 4.78 is 17.7. The Bertz CT molecular complexity index is 826. The smallest absolute Gasteiger partial charge is 0.410 e. The number of halogens is 1. The van der Waals surface area contributed by atoms with E-state index in [1.54, 1.807) is 4.90 Å². The molecule has 2 aromatic rings. The minimum Gasteiger partial charge on any atom is -0.445 e. The molecule has 0 N–H and O–H groups in total. The first-order valence-electron chi connectivity index (χ1n) is 9.01. The zero-order valence-corrected chi connectivity index (χ0v) is 16.1. The second-order valence-corrected chi connectivity index (χ2v) is 7.77. The van der Waals surface area contributed by atoms with Crippen LogP contribution in [0.1, 0.15) is 31.0 Å². The molecule has 2 aliphatic heterocycles. The summed E-state index contributed by atoms with van der Waals surface area (Å²) in [5.41, 5.74) is 1.85. The first-order chi connectivity index (χ1) is 12.9. The minimum atomic E-state index is -0.674. The lowest BCUT2D eigenvalue weighted by Gasteiger charge is -2.29. The van der Waals surface area contributed by atoms with Crippen LogP contribution in [0.3, 0.4) is 0 Å². The molecule has 0 aromatic heterocycles. The van der Waals surface area contributed by atoms with Crippen LogP contribution in [-0.2, 0) is 20.8 Å². The highest BCUT2D eigenvalue weighted by Crippen LogP contribution is 2.44. The number of carbonyl (C=O) groups excluding carboxylic acids is 1. The van der Waals surface area contributed by atoms with Gasteiger partial charge in [0.15, 0.2) is 5.79 Å². The molecule has 0 spiro atoms. The third-order valence-electron chi connectivity index (χ3n) is 4.87. The Morgan fingerprint density at radius 1 is 1.19 bits per heavy atom. The van der Waals surface area contributed by atoms with E-state index < -0.39 is 5.79 Å². The molecule has 2 fully saturated rings. The lowest BCUT2D eigenvalue weighted by Crippen LogP contribution is -2.37. The van der Waals surface area contributed by atoms with Crippen LogP contribution in [0.4, 0.5) is 4.79 Å². The number of benzene rings is 2. The van der Waals surface area contributed by atoms with Gasteiger partial charge in [0.1, 0.15) is 18.8 Å². The average Bonchev–Trinajstić information content (AvgIpc) is 3.12. The first kappa shape index (κ1) is 18.3. The van der Waals surface area contributed by atoms with E-state index in [0.717, 1.165) is 11.1 Å². The Balaban J connectivity index is 1.56. The van der Waals surface area contributed by atoms with E-state index >= 15 is 0 Å². The molecule has 1 amide bonds. The SMILES string of the molecule is CC1(C)OC2CN(C(=O)OCc3ccccc3)C(c3cccc(Cl)c3)[C@H]2O1. The molecule has 0 aliphatic carbocycles. The highest BCUT2D eigenvalue weighted by molar-refractivity contribution is 6.30. The van der Waals surface area contributed by atoms with Gasteiger partial charge in [0.05, 0.1) is 12.6 Å². The van der Waals surface area contributed by atoms with Crippen molar-refractivity contribution in [2.75, 3.05) is 6.54 Å². The quantitative estimate of drug-likeness (QED) is 0.775. The Morgan fingerprint density at radius 3 is 2.70 bits per heavy atom. The van der Waals surface area contributed by atoms with Crippen molar-refractivity contribution in [1.29, 1.82) is 0 Å². The second kappa shape index (κ2) is 7.15. The maximum absolute atomic E-state index is 12.8. The summed E-state index contributed by atoms with van der Waals surface area (Å²) in [6.45, 7) is 4.41. The van der Waals surface area contributed by atoms with Crippen LogP contribution in [-0.4, -0.2) is 35.5 Å². The number of hydrogen-bond donors (Lipinski definition) is 0. The number of carbonyl (C=O) groups is 1. The van der Waals surface area contributed by atoms with Crippen LogP contribution in [0, 0.1) is 0 Å². The largest absolute Gasteiger partial charge is 0.445 e. The van der Waals surface area contributed by atoms with E-state index in [9.17, 15) is 4.79 Å². The van der Waals surface area contributed by atoms with Gasteiger partial charge in [-0.15, -0.1) is 0 Å². The number of amides is 1. The fourth-order valence-corrected chi connectivity index (χ4v) is 4.01. The highest BCUT2D eigenvalue weighted by Gasteiger charge is 2.54. The Labute approximate surface area is 163 Å². The topological polar surface area (TPSA) is 48.0 Å². The molecule has 2 unspecified atom stereocenters. The fraction of sp³-hybridized carbons (Fsp3) is 0.381. The van der Waals surface area contributed by atoms with Crippen LogP contribution in [0.2, 0.25) is 5.02 Å². The number of ether oxygens (including phenoxy) is 3. The molecule has 2 heterocycles. The van der Waals surface area contributed by atoms with Crippen molar-refractivity contribution in [1.82, 2.24) is 4.90 Å². The van der Waals surface area contributed by atoms with E-state index in [1.807, 2.05) is 68.4 Å². The highest BCUT2D eigenvalue weighted by atomic mass is 35.5. The third-order valence-corrected chi connectivity index (χ3v) is 5.11. The van der Waals surface area contributed by atoms with Gasteiger partial charge in [0, 0.05) is 5.02 Å². The molecule has 3 atom stereocenters. The standard InChI is InChI=1S/C21H22ClNO4/c1-21(2)26-17-12-23(20(24)25-13-14-7-4-3-5-8-14)18(19(17)27-21)15-9-6-10-16(22)11-15/h3-11,17-19H,12-13H2,1-2H3/t17?,18?,19-/m0/s1. The van der Waals surface area contributed by atoms with E-state index in [2.05, 4.69) is 0 Å². The Hall–Kier alpha value is -2.08. The monoisotopic (exact) mass is 387 g/mol. The van der Waals surface area contributed by atoms with E-state index in [-0.39, 0.29) is 30.9 Å². The molecular weight excluding hydrogens is 366 g/mol. The van der Waals surface area contributed by atoms with Gasteiger partial charge in [-0.2, -0.15) is 0 Å². The van der Waals surface area contributed by atoms with Crippen molar-refractivity contribution in [2.24, 2.45) is 0 Å². The molecule has 2 saturated heterocycles. The first-order valence-corrected chi connectivity index (χ1v) is 9.39. The van der Waals surface area contributed by atoms with Gasteiger partial charge in [0.2, 0.25) is 0 Å². The summed E-state index contributed by atoms with van der Waals surface area (Å²) in [6, 6.07) is 16.8. The summed E-state index contributed by atoms with van der Waals surface area (Å²) in [4.78, 5) is 14.5. The zero-order valence-electron chi connectivity index (χ0n) is 15.3. The van der Waals surface area contributed by atoms with Crippen molar-refractivity contribution >= 4 is 17.7 Å². The summed E-state index contributed by atoms with van der Waals surface area (Å²) in [5.74, 6) is -0.674. The van der Waals surface area contributed by atoms with Crippen molar-refractivity contribution in [3.05, 3.63) is 70.7 Å². The lowest BCUT2D eigenvalue weighted by molar-refractivity contribution is -0.160. The fourth-order valence-electron chi connectivity index (χ4n) is 3.81. The van der Waals surface area contributed by atoms with Crippen LogP contribution >= 0.6 is 11.6 Å². The number of nitrogens with zero attached hydrogens (tertiary/aromatic N) is 1. The van der Waals surface area contributed by atoms with Crippen molar-refractivity contribution in [3.8, 4) is 0 Å². The second-order valence-electron chi connectivity index (χ2n) is 7.33. The summed E-state index contributed by atoms with van der Waals surface area (Å²) in [5, 5.41) is 0.617. The Morgan fingerprint density at radius 2 is 1.96 bits per heavy atom. The maximum atomic E-state index is 12.8. The minimum absolute atomic E-state index is 0.201. The number of hydrogen-bond acceptors (Lipinski definition) is 4.